The van der Waals surface area contributed by atoms with Crippen molar-refractivity contribution >= 4 is 17.7 Å². The second-order valence-corrected chi connectivity index (χ2v) is 7.26. The molecular formula is C21H22FN3O4S. The lowest BCUT2D eigenvalue weighted by atomic mass is 10.1. The highest BCUT2D eigenvalue weighted by Crippen LogP contribution is 2.25. The van der Waals surface area contributed by atoms with E-state index in [-0.39, 0.29) is 28.5 Å². The predicted octanol–water partition coefficient (Wildman–Crippen LogP) is 3.81. The first kappa shape index (κ1) is 21.6. The van der Waals surface area contributed by atoms with E-state index in [1.54, 1.807) is 26.2 Å². The molecule has 1 heterocycles. The number of halogens is 1. The number of amides is 1. The molecule has 0 aliphatic heterocycles. The first-order valence-corrected chi connectivity index (χ1v) is 10.3. The van der Waals surface area contributed by atoms with Crippen LogP contribution < -0.4 is 14.8 Å². The van der Waals surface area contributed by atoms with Gasteiger partial charge in [0.25, 0.3) is 11.1 Å². The van der Waals surface area contributed by atoms with E-state index in [1.165, 1.54) is 12.1 Å². The molecule has 1 N–H and O–H groups in total. The van der Waals surface area contributed by atoms with Crippen LogP contribution in [0, 0.1) is 5.82 Å². The number of hydrogen-bond acceptors (Lipinski definition) is 7. The van der Waals surface area contributed by atoms with Gasteiger partial charge in [-0.3, -0.25) is 4.79 Å². The molecular weight excluding hydrogens is 409 g/mol. The van der Waals surface area contributed by atoms with Gasteiger partial charge in [-0.25, -0.2) is 4.39 Å². The van der Waals surface area contributed by atoms with Crippen molar-refractivity contribution in [2.75, 3.05) is 19.4 Å². The van der Waals surface area contributed by atoms with Gasteiger partial charge in [0.15, 0.2) is 17.7 Å². The number of ether oxygens (including phenoxy) is 2. The maximum absolute atomic E-state index is 13.7. The van der Waals surface area contributed by atoms with Crippen LogP contribution in [0.2, 0.25) is 0 Å². The molecule has 9 heteroatoms. The van der Waals surface area contributed by atoms with E-state index >= 15 is 0 Å². The number of hydrogen-bond donors (Lipinski definition) is 1. The molecule has 0 saturated heterocycles. The van der Waals surface area contributed by atoms with Crippen molar-refractivity contribution in [2.24, 2.45) is 0 Å². The minimum absolute atomic E-state index is 0.105. The zero-order chi connectivity index (χ0) is 21.3. The number of benzene rings is 2. The van der Waals surface area contributed by atoms with Crippen molar-refractivity contribution < 1.29 is 23.1 Å². The number of aromatic nitrogens is 2. The number of para-hydroxylation sites is 1. The Hall–Kier alpha value is -3.07. The Balaban J connectivity index is 1.40. The molecule has 0 fully saturated rings. The van der Waals surface area contributed by atoms with E-state index in [2.05, 4.69) is 15.5 Å². The molecule has 7 nitrogen and oxygen atoms in total. The summed E-state index contributed by atoms with van der Waals surface area (Å²) in [5, 5.41) is 10.9. The van der Waals surface area contributed by atoms with Crippen LogP contribution in [-0.4, -0.2) is 35.5 Å². The third kappa shape index (κ3) is 6.21. The molecule has 1 atom stereocenters. The predicted molar refractivity (Wildman–Crippen MR) is 110 cm³/mol. The summed E-state index contributed by atoms with van der Waals surface area (Å²) in [6, 6.07) is 13.8. The van der Waals surface area contributed by atoms with Crippen LogP contribution in [0.4, 0.5) is 4.39 Å². The Labute approximate surface area is 178 Å². The van der Waals surface area contributed by atoms with E-state index in [4.69, 9.17) is 13.9 Å². The van der Waals surface area contributed by atoms with Crippen LogP contribution in [0.1, 0.15) is 24.5 Å². The van der Waals surface area contributed by atoms with Crippen LogP contribution in [0.3, 0.4) is 0 Å². The Morgan fingerprint density at radius 1 is 1.20 bits per heavy atom. The quantitative estimate of drug-likeness (QED) is 0.489. The van der Waals surface area contributed by atoms with Crippen molar-refractivity contribution in [2.45, 2.75) is 24.7 Å². The van der Waals surface area contributed by atoms with Gasteiger partial charge in [0.2, 0.25) is 5.91 Å². The number of carbonyl (C=O) groups excluding carboxylic acids is 1. The molecule has 0 saturated carbocycles. The molecule has 3 rings (SSSR count). The number of methoxy groups -OCH3 is 1. The monoisotopic (exact) mass is 431 g/mol. The SMILES string of the molecule is COc1ccc(CCNC(=O)CSc2nnc(C(C)Oc3ccccc3F)o2)cc1. The maximum atomic E-state index is 13.7. The highest BCUT2D eigenvalue weighted by Gasteiger charge is 2.18. The lowest BCUT2D eigenvalue weighted by Crippen LogP contribution is -2.27. The number of nitrogens with zero attached hydrogens (tertiary/aromatic N) is 2. The van der Waals surface area contributed by atoms with E-state index < -0.39 is 11.9 Å². The molecule has 158 valence electrons. The highest BCUT2D eigenvalue weighted by atomic mass is 32.2. The van der Waals surface area contributed by atoms with Gasteiger partial charge in [0.1, 0.15) is 5.75 Å². The molecule has 0 bridgehead atoms. The van der Waals surface area contributed by atoms with Gasteiger partial charge in [-0.15, -0.1) is 10.2 Å². The van der Waals surface area contributed by atoms with Gasteiger partial charge in [-0.1, -0.05) is 36.0 Å². The standard InChI is InChI=1S/C21H22FN3O4S/c1-14(28-18-6-4-3-5-17(18)22)20-24-25-21(29-20)30-13-19(26)23-12-11-15-7-9-16(27-2)10-8-15/h3-10,14H,11-13H2,1-2H3,(H,23,26). The van der Waals surface area contributed by atoms with Crippen molar-refractivity contribution in [3.63, 3.8) is 0 Å². The largest absolute Gasteiger partial charge is 0.497 e. The summed E-state index contributed by atoms with van der Waals surface area (Å²) < 4.78 is 29.8. The molecule has 1 unspecified atom stereocenters. The molecule has 0 aliphatic carbocycles. The summed E-state index contributed by atoms with van der Waals surface area (Å²) in [6.45, 7) is 2.20. The number of carbonyl (C=O) groups is 1. The first-order chi connectivity index (χ1) is 14.5. The summed E-state index contributed by atoms with van der Waals surface area (Å²) in [6.07, 6.45) is 0.0952. The average Bonchev–Trinajstić information content (AvgIpc) is 3.24. The molecule has 0 aliphatic rings. The van der Waals surface area contributed by atoms with Gasteiger partial charge in [0, 0.05) is 6.54 Å². The molecule has 30 heavy (non-hydrogen) atoms. The molecule has 2 aromatic carbocycles. The summed E-state index contributed by atoms with van der Waals surface area (Å²) in [5.74, 6) is 0.655. The van der Waals surface area contributed by atoms with Crippen LogP contribution in [0.25, 0.3) is 0 Å². The molecule has 1 amide bonds. The van der Waals surface area contributed by atoms with E-state index in [1.807, 2.05) is 24.3 Å². The smallest absolute Gasteiger partial charge is 0.277 e. The van der Waals surface area contributed by atoms with Crippen LogP contribution in [0.15, 0.2) is 58.2 Å². The minimum Gasteiger partial charge on any atom is -0.497 e. The summed E-state index contributed by atoms with van der Waals surface area (Å²) in [4.78, 5) is 12.0. The number of rotatable bonds is 10. The van der Waals surface area contributed by atoms with Gasteiger partial charge >= 0.3 is 0 Å². The molecule has 1 aromatic heterocycles. The normalized spacial score (nSPS) is 11.7. The van der Waals surface area contributed by atoms with Crippen molar-refractivity contribution in [1.82, 2.24) is 15.5 Å². The summed E-state index contributed by atoms with van der Waals surface area (Å²) >= 11 is 1.13. The van der Waals surface area contributed by atoms with E-state index in [9.17, 15) is 9.18 Å². The van der Waals surface area contributed by atoms with Gasteiger partial charge in [-0.2, -0.15) is 0 Å². The second-order valence-electron chi connectivity index (χ2n) is 6.33. The number of nitrogens with one attached hydrogen (secondary N) is 1. The van der Waals surface area contributed by atoms with Crippen LogP contribution in [-0.2, 0) is 11.2 Å². The second kappa shape index (κ2) is 10.6. The molecule has 0 spiro atoms. The zero-order valence-corrected chi connectivity index (χ0v) is 17.4. The van der Waals surface area contributed by atoms with Crippen molar-refractivity contribution in [3.8, 4) is 11.5 Å². The third-order valence-corrected chi connectivity index (χ3v) is 4.95. The summed E-state index contributed by atoms with van der Waals surface area (Å²) in [5.41, 5.74) is 1.11. The zero-order valence-electron chi connectivity index (χ0n) is 16.6. The topological polar surface area (TPSA) is 86.5 Å². The highest BCUT2D eigenvalue weighted by molar-refractivity contribution is 7.99. The minimum atomic E-state index is -0.623. The van der Waals surface area contributed by atoms with Crippen molar-refractivity contribution in [3.05, 3.63) is 65.8 Å². The Kier molecular flexibility index (Phi) is 7.67. The fourth-order valence-electron chi connectivity index (χ4n) is 2.54. The summed E-state index contributed by atoms with van der Waals surface area (Å²) in [7, 11) is 1.62. The average molecular weight is 431 g/mol. The van der Waals surface area contributed by atoms with E-state index in [0.29, 0.717) is 6.54 Å². The fraction of sp³-hybridized carbons (Fsp3) is 0.286. The molecule has 3 aromatic rings. The van der Waals surface area contributed by atoms with Gasteiger partial charge in [0.05, 0.1) is 12.9 Å². The Morgan fingerprint density at radius 2 is 1.97 bits per heavy atom. The number of thioether (sulfide) groups is 1. The van der Waals surface area contributed by atoms with Crippen LogP contribution in [0.5, 0.6) is 11.5 Å². The van der Waals surface area contributed by atoms with Gasteiger partial charge < -0.3 is 19.2 Å². The lowest BCUT2D eigenvalue weighted by Gasteiger charge is -2.11. The fourth-order valence-corrected chi connectivity index (χ4v) is 3.14. The van der Waals surface area contributed by atoms with Crippen LogP contribution >= 0.6 is 11.8 Å². The molecule has 0 radical (unpaired) electrons. The third-order valence-electron chi connectivity index (χ3n) is 4.13. The first-order valence-electron chi connectivity index (χ1n) is 9.32. The lowest BCUT2D eigenvalue weighted by molar-refractivity contribution is -0.118. The van der Waals surface area contributed by atoms with E-state index in [0.717, 1.165) is 29.5 Å². The Bertz CT molecular complexity index is 965. The Morgan fingerprint density at radius 3 is 2.70 bits per heavy atom. The van der Waals surface area contributed by atoms with Crippen molar-refractivity contribution in [1.29, 1.82) is 0 Å². The van der Waals surface area contributed by atoms with Gasteiger partial charge in [-0.05, 0) is 43.2 Å². The maximum Gasteiger partial charge on any atom is 0.277 e.